The molecule has 1 aromatic carbocycles. The molecule has 19 heavy (non-hydrogen) atoms. The van der Waals surface area contributed by atoms with Gasteiger partial charge < -0.3 is 9.73 Å². The number of rotatable bonds is 4. The zero-order valence-corrected chi connectivity index (χ0v) is 11.1. The zero-order chi connectivity index (χ0) is 13.1. The van der Waals surface area contributed by atoms with Gasteiger partial charge in [-0.2, -0.15) is 0 Å². The van der Waals surface area contributed by atoms with Crippen molar-refractivity contribution in [3.05, 3.63) is 46.7 Å². The molecule has 0 saturated carbocycles. The van der Waals surface area contributed by atoms with Crippen molar-refractivity contribution in [2.45, 2.75) is 13.5 Å². The molecule has 3 rings (SSSR count). The van der Waals surface area contributed by atoms with Crippen molar-refractivity contribution < 1.29 is 4.42 Å². The maximum Gasteiger partial charge on any atom is 0.247 e. The van der Waals surface area contributed by atoms with E-state index in [-0.39, 0.29) is 0 Å². The first kappa shape index (κ1) is 11.9. The molecule has 0 radical (unpaired) electrons. The molecular formula is C13H12N4OS. The van der Waals surface area contributed by atoms with Crippen molar-refractivity contribution >= 4 is 17.0 Å². The van der Waals surface area contributed by atoms with E-state index in [1.54, 1.807) is 11.3 Å². The lowest BCUT2D eigenvalue weighted by Crippen LogP contribution is -1.96. The number of benzene rings is 1. The van der Waals surface area contributed by atoms with Gasteiger partial charge in [0.15, 0.2) is 0 Å². The molecule has 0 spiro atoms. The summed E-state index contributed by atoms with van der Waals surface area (Å²) < 4.78 is 5.14. The summed E-state index contributed by atoms with van der Waals surface area (Å²) in [5.74, 6) is 0.532. The van der Waals surface area contributed by atoms with Gasteiger partial charge in [-0.05, 0) is 31.2 Å². The van der Waals surface area contributed by atoms with Gasteiger partial charge in [0, 0.05) is 22.3 Å². The molecule has 3 aromatic rings. The van der Waals surface area contributed by atoms with Crippen LogP contribution in [0.5, 0.6) is 0 Å². The molecule has 0 aliphatic rings. The van der Waals surface area contributed by atoms with Gasteiger partial charge in [-0.3, -0.25) is 0 Å². The third-order valence-corrected chi connectivity index (χ3v) is 3.54. The largest absolute Gasteiger partial charge is 0.423 e. The van der Waals surface area contributed by atoms with Crippen LogP contribution in [0.2, 0.25) is 0 Å². The summed E-state index contributed by atoms with van der Waals surface area (Å²) in [5.41, 5.74) is 1.96. The molecule has 0 aliphatic carbocycles. The highest BCUT2D eigenvalue weighted by molar-refractivity contribution is 7.11. The van der Waals surface area contributed by atoms with Crippen molar-refractivity contribution in [2.24, 2.45) is 0 Å². The van der Waals surface area contributed by atoms with E-state index in [1.807, 2.05) is 37.4 Å². The predicted molar refractivity (Wildman–Crippen MR) is 73.9 cm³/mol. The van der Waals surface area contributed by atoms with E-state index in [0.29, 0.717) is 5.89 Å². The fraction of sp³-hybridized carbons (Fsp3) is 0.154. The summed E-state index contributed by atoms with van der Waals surface area (Å²) in [6.45, 7) is 2.79. The Balaban J connectivity index is 1.66. The summed E-state index contributed by atoms with van der Waals surface area (Å²) in [6.07, 6.45) is 3.23. The van der Waals surface area contributed by atoms with Gasteiger partial charge in [-0.15, -0.1) is 21.5 Å². The fourth-order valence-corrected chi connectivity index (χ4v) is 2.44. The number of nitrogens with one attached hydrogen (secondary N) is 1. The third-order valence-electron chi connectivity index (χ3n) is 2.63. The average Bonchev–Trinajstić information content (AvgIpc) is 3.08. The second-order valence-corrected chi connectivity index (χ2v) is 5.34. The van der Waals surface area contributed by atoms with Crippen LogP contribution < -0.4 is 5.32 Å². The highest BCUT2D eigenvalue weighted by Crippen LogP contribution is 2.20. The molecule has 2 heterocycles. The van der Waals surface area contributed by atoms with Crippen LogP contribution in [-0.2, 0) is 6.54 Å². The first-order valence-electron chi connectivity index (χ1n) is 5.83. The van der Waals surface area contributed by atoms with Crippen molar-refractivity contribution in [3.8, 4) is 11.5 Å². The molecule has 0 bridgehead atoms. The monoisotopic (exact) mass is 272 g/mol. The Hall–Kier alpha value is -2.21. The summed E-state index contributed by atoms with van der Waals surface area (Å²) in [6, 6.07) is 7.89. The molecule has 0 aliphatic heterocycles. The molecule has 6 heteroatoms. The van der Waals surface area contributed by atoms with Crippen LogP contribution in [0.25, 0.3) is 11.5 Å². The standard InChI is InChI=1S/C13H12N4OS/c1-9-14-6-12(19-9)7-15-11-4-2-10(3-5-11)13-17-16-8-18-13/h2-6,8,15H,7H2,1H3. The number of nitrogens with zero attached hydrogens (tertiary/aromatic N) is 3. The van der Waals surface area contributed by atoms with Crippen molar-refractivity contribution in [2.75, 3.05) is 5.32 Å². The van der Waals surface area contributed by atoms with Crippen LogP contribution in [0, 0.1) is 6.92 Å². The van der Waals surface area contributed by atoms with Gasteiger partial charge in [0.25, 0.3) is 0 Å². The molecule has 2 aromatic heterocycles. The lowest BCUT2D eigenvalue weighted by Gasteiger charge is -2.04. The second kappa shape index (κ2) is 5.19. The third kappa shape index (κ3) is 2.79. The van der Waals surface area contributed by atoms with E-state index in [9.17, 15) is 0 Å². The van der Waals surface area contributed by atoms with E-state index >= 15 is 0 Å². The number of anilines is 1. The molecule has 0 unspecified atom stereocenters. The van der Waals surface area contributed by atoms with E-state index < -0.39 is 0 Å². The van der Waals surface area contributed by atoms with Crippen molar-refractivity contribution in [1.29, 1.82) is 0 Å². The maximum absolute atomic E-state index is 5.14. The minimum atomic E-state index is 0.532. The SMILES string of the molecule is Cc1ncc(CNc2ccc(-c3nnco3)cc2)s1. The normalized spacial score (nSPS) is 10.6. The van der Waals surface area contributed by atoms with E-state index in [1.165, 1.54) is 11.3 Å². The minimum Gasteiger partial charge on any atom is -0.423 e. The Morgan fingerprint density at radius 3 is 2.74 bits per heavy atom. The van der Waals surface area contributed by atoms with Crippen LogP contribution in [0.15, 0.2) is 41.3 Å². The molecule has 96 valence electrons. The lowest BCUT2D eigenvalue weighted by atomic mass is 10.2. The second-order valence-electron chi connectivity index (χ2n) is 4.02. The summed E-state index contributed by atoms with van der Waals surface area (Å²) >= 11 is 1.70. The summed E-state index contributed by atoms with van der Waals surface area (Å²) in [4.78, 5) is 5.45. The Morgan fingerprint density at radius 2 is 2.11 bits per heavy atom. The topological polar surface area (TPSA) is 63.8 Å². The number of hydrogen-bond donors (Lipinski definition) is 1. The smallest absolute Gasteiger partial charge is 0.247 e. The minimum absolute atomic E-state index is 0.532. The highest BCUT2D eigenvalue weighted by atomic mass is 32.1. The molecule has 0 amide bonds. The Kier molecular flexibility index (Phi) is 3.24. The number of aromatic nitrogens is 3. The van der Waals surface area contributed by atoms with Gasteiger partial charge in [0.2, 0.25) is 12.3 Å². The molecular weight excluding hydrogens is 260 g/mol. The highest BCUT2D eigenvalue weighted by Gasteiger charge is 2.03. The molecule has 0 fully saturated rings. The van der Waals surface area contributed by atoms with Crippen molar-refractivity contribution in [1.82, 2.24) is 15.2 Å². The zero-order valence-electron chi connectivity index (χ0n) is 10.3. The Bertz CT molecular complexity index is 646. The number of hydrogen-bond acceptors (Lipinski definition) is 6. The Labute approximate surface area is 114 Å². The van der Waals surface area contributed by atoms with E-state index in [2.05, 4.69) is 20.5 Å². The molecule has 0 atom stereocenters. The summed E-state index contributed by atoms with van der Waals surface area (Å²) in [7, 11) is 0. The van der Waals surface area contributed by atoms with Gasteiger partial charge in [-0.25, -0.2) is 4.98 Å². The van der Waals surface area contributed by atoms with Crippen LogP contribution in [-0.4, -0.2) is 15.2 Å². The first-order valence-corrected chi connectivity index (χ1v) is 6.65. The molecule has 0 saturated heterocycles. The lowest BCUT2D eigenvalue weighted by molar-refractivity contribution is 0.568. The summed E-state index contributed by atoms with van der Waals surface area (Å²) in [5, 5.41) is 12.0. The van der Waals surface area contributed by atoms with Gasteiger partial charge in [0.1, 0.15) is 0 Å². The number of thiazole rings is 1. The van der Waals surface area contributed by atoms with Crippen LogP contribution in [0.1, 0.15) is 9.88 Å². The van der Waals surface area contributed by atoms with Gasteiger partial charge in [-0.1, -0.05) is 0 Å². The number of aryl methyl sites for hydroxylation is 1. The van der Waals surface area contributed by atoms with Crippen molar-refractivity contribution in [3.63, 3.8) is 0 Å². The maximum atomic E-state index is 5.14. The van der Waals surface area contributed by atoms with Crippen LogP contribution in [0.3, 0.4) is 0 Å². The Morgan fingerprint density at radius 1 is 1.26 bits per heavy atom. The van der Waals surface area contributed by atoms with Gasteiger partial charge in [0.05, 0.1) is 11.6 Å². The quantitative estimate of drug-likeness (QED) is 0.790. The molecule has 5 nitrogen and oxygen atoms in total. The fourth-order valence-electron chi connectivity index (χ4n) is 1.71. The predicted octanol–water partition coefficient (Wildman–Crippen LogP) is 3.11. The van der Waals surface area contributed by atoms with Crippen LogP contribution >= 0.6 is 11.3 Å². The molecule has 1 N–H and O–H groups in total. The average molecular weight is 272 g/mol. The first-order chi connectivity index (χ1) is 9.31. The van der Waals surface area contributed by atoms with Gasteiger partial charge >= 0.3 is 0 Å². The van der Waals surface area contributed by atoms with Crippen LogP contribution in [0.4, 0.5) is 5.69 Å². The van der Waals surface area contributed by atoms with E-state index in [0.717, 1.165) is 22.8 Å². The van der Waals surface area contributed by atoms with E-state index in [4.69, 9.17) is 4.42 Å².